The fourth-order valence-electron chi connectivity index (χ4n) is 2.60. The number of halogens is 1. The third-order valence-electron chi connectivity index (χ3n) is 4.08. The van der Waals surface area contributed by atoms with Gasteiger partial charge in [0, 0.05) is 26.1 Å². The van der Waals surface area contributed by atoms with Crippen LogP contribution in [0.2, 0.25) is 0 Å². The van der Waals surface area contributed by atoms with E-state index in [0.29, 0.717) is 32.8 Å². The van der Waals surface area contributed by atoms with Crippen LogP contribution in [0, 0.1) is 5.82 Å². The van der Waals surface area contributed by atoms with Gasteiger partial charge in [0.05, 0.1) is 19.0 Å². The molecule has 8 heteroatoms. The molecule has 1 fully saturated rings. The molecular formula is C17H25FN2O4S. The highest BCUT2D eigenvalue weighted by molar-refractivity contribution is 7.89. The standard InChI is InChI=1S/C17H25FN2O4S/c18-16-6-4-15(5-7-16)3-1-2-9-19-17(21)8-14-25(22,23)20-10-12-24-13-11-20/h4-7H,1-3,8-14H2,(H,19,21). The second-order valence-corrected chi connectivity index (χ2v) is 8.10. The molecule has 1 heterocycles. The lowest BCUT2D eigenvalue weighted by Crippen LogP contribution is -2.42. The molecule has 0 atom stereocenters. The van der Waals surface area contributed by atoms with Gasteiger partial charge in [0.2, 0.25) is 15.9 Å². The normalized spacial score (nSPS) is 15.9. The van der Waals surface area contributed by atoms with E-state index >= 15 is 0 Å². The fourth-order valence-corrected chi connectivity index (χ4v) is 4.00. The van der Waals surface area contributed by atoms with Gasteiger partial charge in [0.1, 0.15) is 5.82 Å². The van der Waals surface area contributed by atoms with Crippen molar-refractivity contribution in [1.82, 2.24) is 9.62 Å². The molecule has 1 N–H and O–H groups in total. The largest absolute Gasteiger partial charge is 0.379 e. The molecule has 1 saturated heterocycles. The van der Waals surface area contributed by atoms with Gasteiger partial charge in [-0.3, -0.25) is 4.79 Å². The first-order chi connectivity index (χ1) is 12.0. The summed E-state index contributed by atoms with van der Waals surface area (Å²) in [6.45, 7) is 2.03. The van der Waals surface area contributed by atoms with Gasteiger partial charge in [-0.1, -0.05) is 12.1 Å². The molecule has 1 aromatic rings. The highest BCUT2D eigenvalue weighted by Gasteiger charge is 2.24. The van der Waals surface area contributed by atoms with Crippen LogP contribution < -0.4 is 5.32 Å². The summed E-state index contributed by atoms with van der Waals surface area (Å²) >= 11 is 0. The molecule has 0 unspecified atom stereocenters. The Balaban J connectivity index is 1.58. The number of unbranched alkanes of at least 4 members (excludes halogenated alkanes) is 1. The van der Waals surface area contributed by atoms with Crippen LogP contribution in [-0.2, 0) is 26.0 Å². The van der Waals surface area contributed by atoms with E-state index in [9.17, 15) is 17.6 Å². The molecule has 1 amide bonds. The summed E-state index contributed by atoms with van der Waals surface area (Å²) in [6.07, 6.45) is 2.45. The number of benzene rings is 1. The van der Waals surface area contributed by atoms with Crippen LogP contribution in [0.5, 0.6) is 0 Å². The van der Waals surface area contributed by atoms with E-state index in [2.05, 4.69) is 5.32 Å². The van der Waals surface area contributed by atoms with Crippen molar-refractivity contribution in [3.05, 3.63) is 35.6 Å². The Kier molecular flexibility index (Phi) is 7.80. The molecule has 1 aliphatic rings. The van der Waals surface area contributed by atoms with Crippen LogP contribution >= 0.6 is 0 Å². The summed E-state index contributed by atoms with van der Waals surface area (Å²) in [4.78, 5) is 11.8. The van der Waals surface area contributed by atoms with Crippen molar-refractivity contribution in [3.63, 3.8) is 0 Å². The fraction of sp³-hybridized carbons (Fsp3) is 0.588. The molecule has 0 aromatic heterocycles. The summed E-state index contributed by atoms with van der Waals surface area (Å²) in [5, 5.41) is 2.75. The summed E-state index contributed by atoms with van der Waals surface area (Å²) in [6, 6.07) is 6.38. The van der Waals surface area contributed by atoms with Gasteiger partial charge >= 0.3 is 0 Å². The lowest BCUT2D eigenvalue weighted by Gasteiger charge is -2.25. The first-order valence-corrected chi connectivity index (χ1v) is 10.1. The molecule has 2 rings (SSSR count). The number of morpholine rings is 1. The van der Waals surface area contributed by atoms with Gasteiger partial charge in [-0.2, -0.15) is 4.31 Å². The summed E-state index contributed by atoms with van der Waals surface area (Å²) < 4.78 is 43.5. The number of nitrogens with one attached hydrogen (secondary N) is 1. The minimum atomic E-state index is -3.39. The minimum Gasteiger partial charge on any atom is -0.379 e. The van der Waals surface area contributed by atoms with Crippen molar-refractivity contribution in [2.24, 2.45) is 0 Å². The van der Waals surface area contributed by atoms with Gasteiger partial charge in [-0.15, -0.1) is 0 Å². The van der Waals surface area contributed by atoms with Crippen LogP contribution in [0.15, 0.2) is 24.3 Å². The van der Waals surface area contributed by atoms with Gasteiger partial charge in [-0.05, 0) is 37.0 Å². The number of sulfonamides is 1. The molecule has 25 heavy (non-hydrogen) atoms. The van der Waals surface area contributed by atoms with E-state index in [1.54, 1.807) is 12.1 Å². The number of amides is 1. The highest BCUT2D eigenvalue weighted by Crippen LogP contribution is 2.08. The second kappa shape index (κ2) is 9.84. The Hall–Kier alpha value is -1.51. The van der Waals surface area contributed by atoms with Crippen molar-refractivity contribution >= 4 is 15.9 Å². The molecule has 0 radical (unpaired) electrons. The highest BCUT2D eigenvalue weighted by atomic mass is 32.2. The number of carbonyl (C=O) groups is 1. The number of nitrogens with zero attached hydrogens (tertiary/aromatic N) is 1. The molecule has 0 saturated carbocycles. The Morgan fingerprint density at radius 3 is 2.52 bits per heavy atom. The van der Waals surface area contributed by atoms with Crippen molar-refractivity contribution in [2.75, 3.05) is 38.6 Å². The predicted molar refractivity (Wildman–Crippen MR) is 93.1 cm³/mol. The Labute approximate surface area is 148 Å². The maximum atomic E-state index is 12.8. The molecule has 0 aliphatic carbocycles. The van der Waals surface area contributed by atoms with Gasteiger partial charge < -0.3 is 10.1 Å². The molecule has 0 bridgehead atoms. The quantitative estimate of drug-likeness (QED) is 0.664. The van der Waals surface area contributed by atoms with Crippen LogP contribution in [-0.4, -0.2) is 57.2 Å². The lowest BCUT2D eigenvalue weighted by atomic mass is 10.1. The van der Waals surface area contributed by atoms with Crippen LogP contribution in [0.1, 0.15) is 24.8 Å². The van der Waals surface area contributed by atoms with Crippen LogP contribution in [0.3, 0.4) is 0 Å². The number of aryl methyl sites for hydroxylation is 1. The van der Waals surface area contributed by atoms with Gasteiger partial charge in [0.25, 0.3) is 0 Å². The third-order valence-corrected chi connectivity index (χ3v) is 5.95. The van der Waals surface area contributed by atoms with E-state index in [4.69, 9.17) is 4.74 Å². The van der Waals surface area contributed by atoms with Crippen molar-refractivity contribution in [2.45, 2.75) is 25.7 Å². The third kappa shape index (κ3) is 7.09. The van der Waals surface area contributed by atoms with E-state index < -0.39 is 10.0 Å². The van der Waals surface area contributed by atoms with E-state index in [0.717, 1.165) is 24.8 Å². The topological polar surface area (TPSA) is 75.7 Å². The first-order valence-electron chi connectivity index (χ1n) is 8.54. The van der Waals surface area contributed by atoms with Gasteiger partial charge in [0.15, 0.2) is 0 Å². The SMILES string of the molecule is O=C(CCS(=O)(=O)N1CCOCC1)NCCCCc1ccc(F)cc1. The molecule has 1 aromatic carbocycles. The van der Waals surface area contributed by atoms with Gasteiger partial charge in [-0.25, -0.2) is 12.8 Å². The average molecular weight is 372 g/mol. The first kappa shape index (κ1) is 19.8. The van der Waals surface area contributed by atoms with Crippen molar-refractivity contribution in [3.8, 4) is 0 Å². The predicted octanol–water partition coefficient (Wildman–Crippen LogP) is 1.32. The minimum absolute atomic E-state index is 0.0301. The second-order valence-electron chi connectivity index (χ2n) is 6.01. The number of rotatable bonds is 9. The Bertz CT molecular complexity index is 643. The molecule has 140 valence electrons. The number of hydrogen-bond acceptors (Lipinski definition) is 4. The average Bonchev–Trinajstić information content (AvgIpc) is 2.62. The number of hydrogen-bond donors (Lipinski definition) is 1. The maximum absolute atomic E-state index is 12.8. The molecular weight excluding hydrogens is 347 g/mol. The Morgan fingerprint density at radius 1 is 1.16 bits per heavy atom. The van der Waals surface area contributed by atoms with E-state index in [-0.39, 0.29) is 23.9 Å². The summed E-state index contributed by atoms with van der Waals surface area (Å²) in [5.41, 5.74) is 1.06. The lowest BCUT2D eigenvalue weighted by molar-refractivity contribution is -0.120. The number of carbonyl (C=O) groups excluding carboxylic acids is 1. The van der Waals surface area contributed by atoms with Crippen LogP contribution in [0.25, 0.3) is 0 Å². The summed E-state index contributed by atoms with van der Waals surface area (Å²) in [7, 11) is -3.39. The molecule has 1 aliphatic heterocycles. The van der Waals surface area contributed by atoms with E-state index in [1.165, 1.54) is 16.4 Å². The van der Waals surface area contributed by atoms with E-state index in [1.807, 2.05) is 0 Å². The van der Waals surface area contributed by atoms with Crippen molar-refractivity contribution < 1.29 is 22.3 Å². The Morgan fingerprint density at radius 2 is 1.84 bits per heavy atom. The molecule has 6 nitrogen and oxygen atoms in total. The zero-order valence-corrected chi connectivity index (χ0v) is 15.1. The zero-order valence-electron chi connectivity index (χ0n) is 14.2. The maximum Gasteiger partial charge on any atom is 0.221 e. The van der Waals surface area contributed by atoms with Crippen LogP contribution in [0.4, 0.5) is 4.39 Å². The number of ether oxygens (including phenoxy) is 1. The monoisotopic (exact) mass is 372 g/mol. The zero-order chi connectivity index (χ0) is 18.1. The smallest absolute Gasteiger partial charge is 0.221 e. The summed E-state index contributed by atoms with van der Waals surface area (Å²) in [5.74, 6) is -0.671. The van der Waals surface area contributed by atoms with Crippen molar-refractivity contribution in [1.29, 1.82) is 0 Å². The molecule has 0 spiro atoms.